The minimum absolute atomic E-state index is 0.114. The van der Waals surface area contributed by atoms with Crippen LogP contribution in [-0.2, 0) is 11.8 Å². The zero-order valence-electron chi connectivity index (χ0n) is 27.8. The molecular formula is C45H38N4. The van der Waals surface area contributed by atoms with Crippen molar-refractivity contribution in [2.45, 2.75) is 31.8 Å². The third kappa shape index (κ3) is 5.45. The van der Waals surface area contributed by atoms with Gasteiger partial charge in [0.05, 0.1) is 0 Å². The summed E-state index contributed by atoms with van der Waals surface area (Å²) in [7, 11) is 0. The van der Waals surface area contributed by atoms with Crippen LogP contribution in [0.2, 0.25) is 0 Å². The number of rotatable bonds is 7. The minimum atomic E-state index is -0.368. The van der Waals surface area contributed by atoms with Crippen molar-refractivity contribution < 1.29 is 0 Å². The number of hydrogen-bond acceptors (Lipinski definition) is 4. The molecule has 0 saturated heterocycles. The Morgan fingerprint density at radius 2 is 1.43 bits per heavy atom. The normalized spacial score (nSPS) is 16.3. The number of aliphatic imine (C=N–C) groups is 2. The van der Waals surface area contributed by atoms with Gasteiger partial charge in [-0.05, 0) is 74.3 Å². The topological polar surface area (TPSA) is 62.8 Å². The van der Waals surface area contributed by atoms with Crippen LogP contribution in [0.5, 0.6) is 0 Å². The molecule has 1 atom stereocenters. The van der Waals surface area contributed by atoms with E-state index in [1.54, 1.807) is 0 Å². The second-order valence-electron chi connectivity index (χ2n) is 13.3. The summed E-state index contributed by atoms with van der Waals surface area (Å²) < 4.78 is 0. The molecule has 2 aliphatic rings. The number of fused-ring (bicyclic) bond motifs is 4. The highest BCUT2D eigenvalue weighted by molar-refractivity contribution is 6.14. The average molecular weight is 635 g/mol. The summed E-state index contributed by atoms with van der Waals surface area (Å²) in [5.41, 5.74) is 18.9. The predicted octanol–water partition coefficient (Wildman–Crippen LogP) is 9.87. The molecule has 8 rings (SSSR count). The van der Waals surface area contributed by atoms with Gasteiger partial charge in [-0.1, -0.05) is 148 Å². The molecule has 238 valence electrons. The number of anilines is 1. The maximum Gasteiger partial charge on any atom is 0.159 e. The van der Waals surface area contributed by atoms with Crippen LogP contribution in [0, 0.1) is 0 Å². The molecule has 0 fully saturated rings. The van der Waals surface area contributed by atoms with Crippen molar-refractivity contribution in [1.82, 2.24) is 5.32 Å². The summed E-state index contributed by atoms with van der Waals surface area (Å²) in [6, 6.07) is 46.7. The van der Waals surface area contributed by atoms with E-state index in [2.05, 4.69) is 135 Å². The van der Waals surface area contributed by atoms with E-state index in [4.69, 9.17) is 15.7 Å². The molecule has 0 radical (unpaired) electrons. The van der Waals surface area contributed by atoms with Gasteiger partial charge in [0.1, 0.15) is 12.0 Å². The molecule has 4 heteroatoms. The van der Waals surface area contributed by atoms with Crippen molar-refractivity contribution in [2.24, 2.45) is 9.98 Å². The van der Waals surface area contributed by atoms with E-state index < -0.39 is 0 Å². The number of nitrogens with two attached hydrogens (primary N) is 1. The van der Waals surface area contributed by atoms with Crippen molar-refractivity contribution in [2.75, 3.05) is 5.73 Å². The number of benzene rings is 6. The monoisotopic (exact) mass is 634 g/mol. The molecule has 1 heterocycles. The SMILES string of the molecule is C=C/C(=C\Cc1cc2c(cc1-c1ccccc1N)-c1ccccc1C2(C)C)C1N=C(c2ccc3ccccc3c2)N=C(c2ccccc2)N1. The first kappa shape index (κ1) is 30.3. The Hall–Kier alpha value is -6.00. The number of para-hydroxylation sites is 1. The Bertz CT molecular complexity index is 2340. The van der Waals surface area contributed by atoms with Crippen molar-refractivity contribution in [1.29, 1.82) is 0 Å². The van der Waals surface area contributed by atoms with E-state index in [0.29, 0.717) is 12.3 Å². The van der Waals surface area contributed by atoms with E-state index in [-0.39, 0.29) is 11.6 Å². The van der Waals surface area contributed by atoms with Gasteiger partial charge in [-0.15, -0.1) is 0 Å². The van der Waals surface area contributed by atoms with Gasteiger partial charge < -0.3 is 11.1 Å². The lowest BCUT2D eigenvalue weighted by molar-refractivity contribution is 0.659. The summed E-state index contributed by atoms with van der Waals surface area (Å²) in [4.78, 5) is 10.2. The molecule has 0 aromatic heterocycles. The molecule has 1 aliphatic carbocycles. The van der Waals surface area contributed by atoms with Crippen molar-refractivity contribution in [3.05, 3.63) is 186 Å². The fourth-order valence-electron chi connectivity index (χ4n) is 7.31. The summed E-state index contributed by atoms with van der Waals surface area (Å²) >= 11 is 0. The molecule has 0 bridgehead atoms. The van der Waals surface area contributed by atoms with Gasteiger partial charge in [0.2, 0.25) is 0 Å². The number of nitrogens with zero attached hydrogens (tertiary/aromatic N) is 2. The average Bonchev–Trinajstić information content (AvgIpc) is 3.37. The van der Waals surface area contributed by atoms with E-state index in [0.717, 1.165) is 44.7 Å². The van der Waals surface area contributed by atoms with Gasteiger partial charge in [0.15, 0.2) is 5.84 Å². The third-order valence-corrected chi connectivity index (χ3v) is 9.96. The van der Waals surface area contributed by atoms with Crippen LogP contribution < -0.4 is 11.1 Å². The fourth-order valence-corrected chi connectivity index (χ4v) is 7.31. The lowest BCUT2D eigenvalue weighted by atomic mass is 9.80. The van der Waals surface area contributed by atoms with Crippen LogP contribution in [0.25, 0.3) is 33.0 Å². The Labute approximate surface area is 288 Å². The van der Waals surface area contributed by atoms with Crippen LogP contribution in [0.1, 0.15) is 41.7 Å². The van der Waals surface area contributed by atoms with E-state index in [9.17, 15) is 0 Å². The molecule has 0 amide bonds. The summed E-state index contributed by atoms with van der Waals surface area (Å²) in [6.07, 6.45) is 4.48. The first-order chi connectivity index (χ1) is 23.9. The fraction of sp³-hybridized carbons (Fsp3) is 0.111. The van der Waals surface area contributed by atoms with E-state index in [1.165, 1.54) is 33.2 Å². The smallest absolute Gasteiger partial charge is 0.159 e. The largest absolute Gasteiger partial charge is 0.398 e. The molecule has 1 unspecified atom stereocenters. The Morgan fingerprint density at radius 3 is 2.22 bits per heavy atom. The molecule has 0 spiro atoms. The molecule has 4 nitrogen and oxygen atoms in total. The zero-order chi connectivity index (χ0) is 33.5. The standard InChI is InChI=1S/C45H38N4/c1-4-29(42-47-43(31-15-6-5-7-16-31)49-44(48-42)34-25-23-30-14-8-9-17-32(30)26-34)22-24-33-27-40-38(28-37(33)36-19-11-13-21-41(36)46)35-18-10-12-20-39(35)45(40,2)3/h4-23,25-28,42H,1,24,46H2,2-3H3,(H,47,48,49)/b29-22+. The molecule has 6 aromatic rings. The number of allylic oxidation sites excluding steroid dienone is 1. The Morgan fingerprint density at radius 1 is 0.714 bits per heavy atom. The first-order valence-electron chi connectivity index (χ1n) is 16.8. The molecule has 0 saturated carbocycles. The predicted molar refractivity (Wildman–Crippen MR) is 206 cm³/mol. The maximum absolute atomic E-state index is 6.62. The lowest BCUT2D eigenvalue weighted by Gasteiger charge is -2.25. The number of amidine groups is 2. The van der Waals surface area contributed by atoms with Gasteiger partial charge in [0, 0.05) is 27.8 Å². The number of hydrogen-bond donors (Lipinski definition) is 2. The van der Waals surface area contributed by atoms with Crippen molar-refractivity contribution in [3.8, 4) is 22.3 Å². The van der Waals surface area contributed by atoms with Gasteiger partial charge in [0.25, 0.3) is 0 Å². The van der Waals surface area contributed by atoms with Crippen molar-refractivity contribution in [3.63, 3.8) is 0 Å². The highest BCUT2D eigenvalue weighted by Gasteiger charge is 2.36. The second kappa shape index (κ2) is 12.2. The molecule has 6 aromatic carbocycles. The highest BCUT2D eigenvalue weighted by Crippen LogP contribution is 2.50. The van der Waals surface area contributed by atoms with Crippen LogP contribution in [-0.4, -0.2) is 17.8 Å². The minimum Gasteiger partial charge on any atom is -0.398 e. The van der Waals surface area contributed by atoms with Crippen molar-refractivity contribution >= 4 is 28.1 Å². The highest BCUT2D eigenvalue weighted by atomic mass is 15.2. The number of nitrogens with one attached hydrogen (secondary N) is 1. The Balaban J connectivity index is 1.22. The second-order valence-corrected chi connectivity index (χ2v) is 13.3. The number of nitrogen functional groups attached to an aromatic ring is 1. The third-order valence-electron chi connectivity index (χ3n) is 9.96. The van der Waals surface area contributed by atoms with E-state index >= 15 is 0 Å². The van der Waals surface area contributed by atoms with Crippen LogP contribution >= 0.6 is 0 Å². The van der Waals surface area contributed by atoms with Gasteiger partial charge in [-0.25, -0.2) is 9.98 Å². The summed E-state index contributed by atoms with van der Waals surface area (Å²) in [6.45, 7) is 8.89. The lowest BCUT2D eigenvalue weighted by Crippen LogP contribution is -2.39. The van der Waals surface area contributed by atoms with Gasteiger partial charge in [-0.3, -0.25) is 0 Å². The molecule has 49 heavy (non-hydrogen) atoms. The summed E-state index contributed by atoms with van der Waals surface area (Å²) in [5, 5.41) is 5.96. The van der Waals surface area contributed by atoms with Crippen LogP contribution in [0.15, 0.2) is 168 Å². The van der Waals surface area contributed by atoms with Crippen LogP contribution in [0.3, 0.4) is 0 Å². The van der Waals surface area contributed by atoms with Crippen LogP contribution in [0.4, 0.5) is 5.69 Å². The maximum atomic E-state index is 6.62. The van der Waals surface area contributed by atoms with E-state index in [1.807, 2.05) is 36.4 Å². The molecular weight excluding hydrogens is 597 g/mol. The Kier molecular flexibility index (Phi) is 7.57. The first-order valence-corrected chi connectivity index (χ1v) is 16.8. The zero-order valence-corrected chi connectivity index (χ0v) is 27.8. The quantitative estimate of drug-likeness (QED) is 0.136. The summed E-state index contributed by atoms with van der Waals surface area (Å²) in [5.74, 6) is 1.47. The van der Waals surface area contributed by atoms with Gasteiger partial charge >= 0.3 is 0 Å². The van der Waals surface area contributed by atoms with Gasteiger partial charge in [-0.2, -0.15) is 0 Å². The molecule has 1 aliphatic heterocycles. The molecule has 3 N–H and O–H groups in total.